The lowest BCUT2D eigenvalue weighted by molar-refractivity contribution is 0.425. The molecule has 1 aliphatic rings. The molecule has 1 aromatic heterocycles. The highest BCUT2D eigenvalue weighted by Crippen LogP contribution is 2.36. The monoisotopic (exact) mass is 277 g/mol. The van der Waals surface area contributed by atoms with Gasteiger partial charge in [0.2, 0.25) is 5.88 Å². The molecule has 2 heterocycles. The molecule has 98 valence electrons. The van der Waals surface area contributed by atoms with Gasteiger partial charge in [0, 0.05) is 11.1 Å². The van der Waals surface area contributed by atoms with E-state index in [9.17, 15) is 10.2 Å². The smallest absolute Gasteiger partial charge is 0.215 e. The van der Waals surface area contributed by atoms with Crippen LogP contribution in [0.2, 0.25) is 5.02 Å². The lowest BCUT2D eigenvalue weighted by Gasteiger charge is -2.28. The highest BCUT2D eigenvalue weighted by Gasteiger charge is 2.22. The van der Waals surface area contributed by atoms with Crippen molar-refractivity contribution in [2.75, 3.05) is 4.90 Å². The molecule has 0 amide bonds. The molecule has 0 atom stereocenters. The Balaban J connectivity index is 2.05. The van der Waals surface area contributed by atoms with Gasteiger partial charge in [0.25, 0.3) is 0 Å². The maximum Gasteiger partial charge on any atom is 0.215 e. The highest BCUT2D eigenvalue weighted by molar-refractivity contribution is 6.30. The van der Waals surface area contributed by atoms with Crippen molar-refractivity contribution >= 4 is 28.8 Å². The zero-order valence-corrected chi connectivity index (χ0v) is 10.9. The molecule has 2 aromatic rings. The molecule has 0 spiro atoms. The van der Waals surface area contributed by atoms with Crippen molar-refractivity contribution in [3.8, 4) is 11.8 Å². The lowest BCUT2D eigenvalue weighted by Crippen LogP contribution is -2.30. The zero-order valence-electron chi connectivity index (χ0n) is 10.2. The van der Waals surface area contributed by atoms with Crippen LogP contribution in [0, 0.1) is 0 Å². The van der Waals surface area contributed by atoms with E-state index in [0.29, 0.717) is 17.3 Å². The van der Waals surface area contributed by atoms with E-state index in [0.717, 1.165) is 17.1 Å². The number of rotatable bonds is 1. The number of amidine groups is 1. The summed E-state index contributed by atoms with van der Waals surface area (Å²) in [4.78, 5) is 8.73. The number of H-pyrrole nitrogens is 1. The molecule has 1 aliphatic heterocycles. The fourth-order valence-corrected chi connectivity index (χ4v) is 2.39. The highest BCUT2D eigenvalue weighted by atomic mass is 35.5. The Morgan fingerprint density at radius 2 is 2.11 bits per heavy atom. The van der Waals surface area contributed by atoms with Crippen molar-refractivity contribution in [3.63, 3.8) is 0 Å². The number of anilines is 1. The predicted octanol–water partition coefficient (Wildman–Crippen LogP) is 3.15. The van der Waals surface area contributed by atoms with Crippen molar-refractivity contribution < 1.29 is 10.2 Å². The summed E-state index contributed by atoms with van der Waals surface area (Å²) >= 11 is 5.98. The first kappa shape index (κ1) is 11.9. The number of benzene rings is 1. The molecule has 0 fully saturated rings. The summed E-state index contributed by atoms with van der Waals surface area (Å²) in [5.41, 5.74) is 2.33. The molecule has 0 saturated carbocycles. The van der Waals surface area contributed by atoms with Gasteiger partial charge in [-0.25, -0.2) is 4.99 Å². The van der Waals surface area contributed by atoms with Gasteiger partial charge in [0.05, 0.1) is 12.2 Å². The van der Waals surface area contributed by atoms with Crippen molar-refractivity contribution in [1.29, 1.82) is 0 Å². The minimum atomic E-state index is -0.0859. The van der Waals surface area contributed by atoms with Crippen LogP contribution in [0.3, 0.4) is 0 Å². The lowest BCUT2D eigenvalue weighted by atomic mass is 10.1. The maximum absolute atomic E-state index is 9.77. The van der Waals surface area contributed by atoms with Gasteiger partial charge in [-0.05, 0) is 30.7 Å². The number of fused-ring (bicyclic) bond motifs is 1. The maximum atomic E-state index is 9.77. The van der Waals surface area contributed by atoms with Crippen LogP contribution in [0.25, 0.3) is 0 Å². The van der Waals surface area contributed by atoms with E-state index in [2.05, 4.69) is 9.98 Å². The molecule has 6 heteroatoms. The Morgan fingerprint density at radius 1 is 1.32 bits per heavy atom. The third kappa shape index (κ3) is 2.02. The number of nitrogens with zero attached hydrogens (tertiary/aromatic N) is 2. The summed E-state index contributed by atoms with van der Waals surface area (Å²) in [6.07, 6.45) is 0. The third-order valence-electron chi connectivity index (χ3n) is 3.10. The van der Waals surface area contributed by atoms with Gasteiger partial charge in [0.1, 0.15) is 11.5 Å². The zero-order chi connectivity index (χ0) is 13.6. The molecular weight excluding hydrogens is 266 g/mol. The Hall–Kier alpha value is -2.14. The van der Waals surface area contributed by atoms with E-state index in [4.69, 9.17) is 11.6 Å². The quantitative estimate of drug-likeness (QED) is 0.750. The van der Waals surface area contributed by atoms with Gasteiger partial charge in [-0.15, -0.1) is 0 Å². The number of aromatic hydroxyl groups is 2. The van der Waals surface area contributed by atoms with Gasteiger partial charge < -0.3 is 15.1 Å². The van der Waals surface area contributed by atoms with E-state index in [-0.39, 0.29) is 11.8 Å². The van der Waals surface area contributed by atoms with Gasteiger partial charge in [-0.2, -0.15) is 0 Å². The van der Waals surface area contributed by atoms with Crippen LogP contribution in [0.5, 0.6) is 11.8 Å². The fourth-order valence-electron chi connectivity index (χ4n) is 2.19. The van der Waals surface area contributed by atoms with Crippen molar-refractivity contribution in [3.05, 3.63) is 34.9 Å². The first-order valence-corrected chi connectivity index (χ1v) is 6.14. The van der Waals surface area contributed by atoms with Crippen molar-refractivity contribution in [2.24, 2.45) is 4.99 Å². The standard InChI is InChI=1S/C13H12ClN3O2/c1-7-15-10-3-2-9(14)4-8(10)6-17(7)11-5-12(18)16-13(11)19/h2-5,16,18-19H,6H2,1H3. The number of halogens is 1. The molecule has 0 radical (unpaired) electrons. The molecule has 0 bridgehead atoms. The fraction of sp³-hybridized carbons (Fsp3) is 0.154. The van der Waals surface area contributed by atoms with Crippen LogP contribution in [-0.4, -0.2) is 21.0 Å². The molecule has 1 aromatic carbocycles. The van der Waals surface area contributed by atoms with Crippen LogP contribution in [0.15, 0.2) is 29.3 Å². The van der Waals surface area contributed by atoms with E-state index in [1.807, 2.05) is 24.0 Å². The second-order valence-corrected chi connectivity index (χ2v) is 4.84. The molecule has 0 saturated heterocycles. The van der Waals surface area contributed by atoms with Gasteiger partial charge >= 0.3 is 0 Å². The van der Waals surface area contributed by atoms with Gasteiger partial charge in [-0.3, -0.25) is 4.98 Å². The van der Waals surface area contributed by atoms with E-state index in [1.165, 1.54) is 6.07 Å². The van der Waals surface area contributed by atoms with E-state index >= 15 is 0 Å². The number of aliphatic imine (C=N–C) groups is 1. The molecule has 3 N–H and O–H groups in total. The second-order valence-electron chi connectivity index (χ2n) is 4.41. The third-order valence-corrected chi connectivity index (χ3v) is 3.33. The summed E-state index contributed by atoms with van der Waals surface area (Å²) in [7, 11) is 0. The van der Waals surface area contributed by atoms with Crippen molar-refractivity contribution in [2.45, 2.75) is 13.5 Å². The summed E-state index contributed by atoms with van der Waals surface area (Å²) in [5.74, 6) is 0.568. The number of nitrogens with one attached hydrogen (secondary N) is 1. The first-order valence-electron chi connectivity index (χ1n) is 5.77. The summed E-state index contributed by atoms with van der Waals surface area (Å²) < 4.78 is 0. The number of aromatic amines is 1. The molecule has 0 unspecified atom stereocenters. The molecule has 5 nitrogen and oxygen atoms in total. The molecular formula is C13H12ClN3O2. The molecule has 19 heavy (non-hydrogen) atoms. The van der Waals surface area contributed by atoms with Gasteiger partial charge in [0.15, 0.2) is 5.88 Å². The number of hydrogen-bond donors (Lipinski definition) is 3. The summed E-state index contributed by atoms with van der Waals surface area (Å²) in [5, 5.41) is 19.8. The normalized spacial score (nSPS) is 14.2. The molecule has 3 rings (SSSR count). The predicted molar refractivity (Wildman–Crippen MR) is 74.5 cm³/mol. The van der Waals surface area contributed by atoms with Crippen molar-refractivity contribution in [1.82, 2.24) is 4.98 Å². The van der Waals surface area contributed by atoms with Crippen LogP contribution in [0.1, 0.15) is 12.5 Å². The minimum Gasteiger partial charge on any atom is -0.494 e. The van der Waals surface area contributed by atoms with E-state index < -0.39 is 0 Å². The van der Waals surface area contributed by atoms with Crippen LogP contribution in [-0.2, 0) is 6.54 Å². The second kappa shape index (κ2) is 4.20. The number of hydrogen-bond acceptors (Lipinski definition) is 4. The van der Waals surface area contributed by atoms with Crippen LogP contribution >= 0.6 is 11.6 Å². The Labute approximate surface area is 114 Å². The summed E-state index contributed by atoms with van der Waals surface area (Å²) in [6.45, 7) is 2.39. The van der Waals surface area contributed by atoms with E-state index in [1.54, 1.807) is 6.07 Å². The average molecular weight is 278 g/mol. The SMILES string of the molecule is CC1=Nc2ccc(Cl)cc2CN1c1cc(O)[nH]c1O. The topological polar surface area (TPSA) is 71.8 Å². The summed E-state index contributed by atoms with van der Waals surface area (Å²) in [6, 6.07) is 6.98. The average Bonchev–Trinajstić information content (AvgIpc) is 2.68. The minimum absolute atomic E-state index is 0.0856. The number of aromatic nitrogens is 1. The van der Waals surface area contributed by atoms with Gasteiger partial charge in [-0.1, -0.05) is 11.6 Å². The van der Waals surface area contributed by atoms with Crippen LogP contribution < -0.4 is 4.90 Å². The first-order chi connectivity index (χ1) is 9.04. The Morgan fingerprint density at radius 3 is 2.79 bits per heavy atom. The largest absolute Gasteiger partial charge is 0.494 e. The molecule has 0 aliphatic carbocycles. The van der Waals surface area contributed by atoms with Crippen LogP contribution in [0.4, 0.5) is 11.4 Å². The Bertz CT molecular complexity index is 679. The Kier molecular flexibility index (Phi) is 2.64.